The highest BCUT2D eigenvalue weighted by Gasteiger charge is 2.61. The fourth-order valence-electron chi connectivity index (χ4n) is 4.93. The highest BCUT2D eigenvalue weighted by Crippen LogP contribution is 2.51. The summed E-state index contributed by atoms with van der Waals surface area (Å²) in [6.07, 6.45) is -1.01. The molecule has 5 rings (SSSR count). The van der Waals surface area contributed by atoms with Crippen molar-refractivity contribution in [3.05, 3.63) is 72.3 Å². The van der Waals surface area contributed by atoms with Crippen LogP contribution in [-0.4, -0.2) is 45.9 Å². The van der Waals surface area contributed by atoms with E-state index in [0.717, 1.165) is 0 Å². The fraction of sp³-hybridized carbons (Fsp3) is 0.286. The average molecular weight is 505 g/mol. The standard InChI is InChI=1S/C28H28N2O7/c1-5-36-19-13-11-17(12-14-19)29-27(31)24-25(20-15-22(34-3)23(35-4)16-21(20)33-2)30(37-26(24)28(29)32)18-9-7-6-8-10-18/h6-16,24-26H,5H2,1-4H3/t24-,25-,26-/m1/s1. The number of amides is 2. The Morgan fingerprint density at radius 3 is 2.05 bits per heavy atom. The van der Waals surface area contributed by atoms with E-state index in [2.05, 4.69) is 0 Å². The zero-order chi connectivity index (χ0) is 26.1. The molecule has 3 aromatic rings. The van der Waals surface area contributed by atoms with E-state index < -0.39 is 24.0 Å². The minimum Gasteiger partial charge on any atom is -0.496 e. The van der Waals surface area contributed by atoms with Crippen LogP contribution in [-0.2, 0) is 14.4 Å². The van der Waals surface area contributed by atoms with Gasteiger partial charge in [0.2, 0.25) is 5.91 Å². The van der Waals surface area contributed by atoms with E-state index in [0.29, 0.717) is 46.5 Å². The number of benzene rings is 3. The summed E-state index contributed by atoms with van der Waals surface area (Å²) in [5.41, 5.74) is 1.79. The summed E-state index contributed by atoms with van der Waals surface area (Å²) in [6.45, 7) is 2.41. The van der Waals surface area contributed by atoms with E-state index in [-0.39, 0.29) is 5.91 Å². The van der Waals surface area contributed by atoms with Gasteiger partial charge in [0.15, 0.2) is 17.6 Å². The zero-order valence-electron chi connectivity index (χ0n) is 21.0. The lowest BCUT2D eigenvalue weighted by atomic mass is 9.89. The van der Waals surface area contributed by atoms with Crippen LogP contribution in [0.3, 0.4) is 0 Å². The number of imide groups is 1. The SMILES string of the molecule is CCOc1ccc(N2C(=O)[C@@H]3[C@@H](c4cc(OC)c(OC)cc4OC)N(c4ccccc4)O[C@H]3C2=O)cc1. The Hall–Kier alpha value is -4.24. The van der Waals surface area contributed by atoms with Crippen molar-refractivity contribution in [2.75, 3.05) is 37.9 Å². The molecule has 3 atom stereocenters. The van der Waals surface area contributed by atoms with E-state index in [1.165, 1.54) is 19.1 Å². The number of methoxy groups -OCH3 is 3. The van der Waals surface area contributed by atoms with Gasteiger partial charge in [0, 0.05) is 11.6 Å². The molecule has 192 valence electrons. The Bertz CT molecular complexity index is 1300. The molecule has 2 aliphatic heterocycles. The normalized spacial score (nSPS) is 20.7. The van der Waals surface area contributed by atoms with Crippen molar-refractivity contribution in [1.82, 2.24) is 0 Å². The van der Waals surface area contributed by atoms with E-state index in [1.807, 2.05) is 37.3 Å². The number of para-hydroxylation sites is 1. The van der Waals surface area contributed by atoms with Gasteiger partial charge in [-0.2, -0.15) is 0 Å². The lowest BCUT2D eigenvalue weighted by Crippen LogP contribution is -2.37. The Labute approximate surface area is 215 Å². The molecule has 0 spiro atoms. The first-order valence-electron chi connectivity index (χ1n) is 11.9. The van der Waals surface area contributed by atoms with Crippen molar-refractivity contribution >= 4 is 23.2 Å². The van der Waals surface area contributed by atoms with Crippen molar-refractivity contribution in [3.63, 3.8) is 0 Å². The van der Waals surface area contributed by atoms with Gasteiger partial charge < -0.3 is 18.9 Å². The molecule has 0 aromatic heterocycles. The number of hydroxylamine groups is 1. The molecule has 0 saturated carbocycles. The summed E-state index contributed by atoms with van der Waals surface area (Å²) in [5, 5.41) is 1.62. The molecule has 37 heavy (non-hydrogen) atoms. The molecule has 0 aliphatic carbocycles. The lowest BCUT2D eigenvalue weighted by molar-refractivity contribution is -0.126. The van der Waals surface area contributed by atoms with Crippen LogP contribution >= 0.6 is 0 Å². The molecule has 0 bridgehead atoms. The smallest absolute Gasteiger partial charge is 0.266 e. The molecule has 2 amide bonds. The molecule has 0 N–H and O–H groups in total. The Morgan fingerprint density at radius 2 is 1.43 bits per heavy atom. The number of nitrogens with zero attached hydrogens (tertiary/aromatic N) is 2. The topological polar surface area (TPSA) is 86.8 Å². The van der Waals surface area contributed by atoms with Gasteiger partial charge in [-0.15, -0.1) is 0 Å². The maximum absolute atomic E-state index is 13.9. The maximum atomic E-state index is 13.9. The molecule has 2 aliphatic rings. The van der Waals surface area contributed by atoms with Crippen LogP contribution in [0.1, 0.15) is 18.5 Å². The summed E-state index contributed by atoms with van der Waals surface area (Å²) >= 11 is 0. The minimum absolute atomic E-state index is 0.362. The first-order chi connectivity index (χ1) is 18.0. The van der Waals surface area contributed by atoms with Crippen molar-refractivity contribution in [2.24, 2.45) is 5.92 Å². The third-order valence-electron chi connectivity index (χ3n) is 6.59. The van der Waals surface area contributed by atoms with Crippen LogP contribution in [0.4, 0.5) is 11.4 Å². The predicted molar refractivity (Wildman–Crippen MR) is 136 cm³/mol. The third kappa shape index (κ3) is 4.11. The molecule has 0 radical (unpaired) electrons. The Balaban J connectivity index is 1.61. The first-order valence-corrected chi connectivity index (χ1v) is 11.9. The lowest BCUT2D eigenvalue weighted by Gasteiger charge is -2.30. The number of carbonyl (C=O) groups is 2. The molecule has 3 aromatic carbocycles. The number of hydrogen-bond acceptors (Lipinski definition) is 8. The maximum Gasteiger partial charge on any atom is 0.266 e. The Morgan fingerprint density at radius 1 is 0.784 bits per heavy atom. The Kier molecular flexibility index (Phi) is 6.62. The summed E-state index contributed by atoms with van der Waals surface area (Å²) < 4.78 is 22.2. The minimum atomic E-state index is -1.01. The van der Waals surface area contributed by atoms with Crippen LogP contribution in [0.5, 0.6) is 23.0 Å². The number of ether oxygens (including phenoxy) is 4. The number of carbonyl (C=O) groups excluding carboxylic acids is 2. The van der Waals surface area contributed by atoms with Gasteiger partial charge in [0.25, 0.3) is 5.91 Å². The summed E-state index contributed by atoms with van der Waals surface area (Å²) in [5.74, 6) is 0.467. The van der Waals surface area contributed by atoms with Crippen LogP contribution in [0.2, 0.25) is 0 Å². The van der Waals surface area contributed by atoms with E-state index >= 15 is 0 Å². The molecule has 2 heterocycles. The number of anilines is 2. The molecule has 0 unspecified atom stereocenters. The summed E-state index contributed by atoms with van der Waals surface area (Å²) in [4.78, 5) is 34.9. The van der Waals surface area contributed by atoms with E-state index in [4.69, 9.17) is 23.8 Å². The molecular formula is C28H28N2O7. The molecular weight excluding hydrogens is 476 g/mol. The number of fused-ring (bicyclic) bond motifs is 1. The second kappa shape index (κ2) is 10.0. The van der Waals surface area contributed by atoms with Crippen molar-refractivity contribution < 1.29 is 33.4 Å². The van der Waals surface area contributed by atoms with Crippen LogP contribution in [0, 0.1) is 5.92 Å². The molecule has 9 heteroatoms. The monoisotopic (exact) mass is 504 g/mol. The fourth-order valence-corrected chi connectivity index (χ4v) is 4.93. The van der Waals surface area contributed by atoms with Crippen LogP contribution in [0.25, 0.3) is 0 Å². The van der Waals surface area contributed by atoms with E-state index in [1.54, 1.807) is 48.6 Å². The van der Waals surface area contributed by atoms with Crippen molar-refractivity contribution in [2.45, 2.75) is 19.1 Å². The molecule has 2 fully saturated rings. The largest absolute Gasteiger partial charge is 0.496 e. The second-order valence-electron chi connectivity index (χ2n) is 8.55. The number of hydrogen-bond donors (Lipinski definition) is 0. The van der Waals surface area contributed by atoms with Crippen molar-refractivity contribution in [3.8, 4) is 23.0 Å². The third-order valence-corrected chi connectivity index (χ3v) is 6.59. The molecule has 9 nitrogen and oxygen atoms in total. The predicted octanol–water partition coefficient (Wildman–Crippen LogP) is 4.16. The summed E-state index contributed by atoms with van der Waals surface area (Å²) in [7, 11) is 4.61. The average Bonchev–Trinajstić information content (AvgIpc) is 3.44. The van der Waals surface area contributed by atoms with Gasteiger partial charge in [0.05, 0.1) is 39.3 Å². The summed E-state index contributed by atoms with van der Waals surface area (Å²) in [6, 6.07) is 19.0. The number of rotatable bonds is 8. The van der Waals surface area contributed by atoms with Gasteiger partial charge in [0.1, 0.15) is 23.5 Å². The van der Waals surface area contributed by atoms with Gasteiger partial charge in [-0.05, 0) is 49.4 Å². The van der Waals surface area contributed by atoms with Gasteiger partial charge in [-0.25, -0.2) is 9.96 Å². The quantitative estimate of drug-likeness (QED) is 0.423. The molecule has 2 saturated heterocycles. The van der Waals surface area contributed by atoms with Gasteiger partial charge in [-0.3, -0.25) is 14.4 Å². The van der Waals surface area contributed by atoms with Gasteiger partial charge >= 0.3 is 0 Å². The van der Waals surface area contributed by atoms with Crippen LogP contribution in [0.15, 0.2) is 66.7 Å². The van der Waals surface area contributed by atoms with Crippen molar-refractivity contribution in [1.29, 1.82) is 0 Å². The van der Waals surface area contributed by atoms with Crippen LogP contribution < -0.4 is 28.9 Å². The second-order valence-corrected chi connectivity index (χ2v) is 8.55. The highest BCUT2D eigenvalue weighted by molar-refractivity contribution is 6.24. The zero-order valence-corrected chi connectivity index (χ0v) is 21.0. The van der Waals surface area contributed by atoms with Gasteiger partial charge in [-0.1, -0.05) is 18.2 Å². The first kappa shape index (κ1) is 24.5. The van der Waals surface area contributed by atoms with E-state index in [9.17, 15) is 9.59 Å². The highest BCUT2D eigenvalue weighted by atomic mass is 16.7.